The Morgan fingerprint density at radius 3 is 2.12 bits per heavy atom. The van der Waals surface area contributed by atoms with E-state index in [0.29, 0.717) is 0 Å². The molecule has 128 valence electrons. The SMILES string of the molecule is O=C1CC(S(=O)C2c3ccccc3-c3ccccc32)C(=O)N1CCO. The number of imide groups is 1. The summed E-state index contributed by atoms with van der Waals surface area (Å²) in [5.74, 6) is -0.809. The van der Waals surface area contributed by atoms with E-state index < -0.39 is 27.2 Å². The number of hydrogen-bond donors (Lipinski definition) is 1. The molecule has 25 heavy (non-hydrogen) atoms. The average molecular weight is 355 g/mol. The van der Waals surface area contributed by atoms with Crippen molar-refractivity contribution in [1.29, 1.82) is 0 Å². The Morgan fingerprint density at radius 2 is 1.56 bits per heavy atom. The molecule has 2 aromatic carbocycles. The van der Waals surface area contributed by atoms with E-state index in [4.69, 9.17) is 5.11 Å². The van der Waals surface area contributed by atoms with Gasteiger partial charge in [0.05, 0.1) is 24.8 Å². The number of likely N-dealkylation sites (tertiary alicyclic amines) is 1. The Labute approximate surface area is 147 Å². The molecule has 0 saturated carbocycles. The van der Waals surface area contributed by atoms with Crippen molar-refractivity contribution in [2.45, 2.75) is 16.9 Å². The standard InChI is InChI=1S/C19H17NO4S/c21-10-9-20-17(22)11-16(19(20)23)25(24)18-14-7-3-1-5-12(14)13-6-2-4-8-15(13)18/h1-8,16,18,21H,9-11H2. The van der Waals surface area contributed by atoms with Gasteiger partial charge in [0.15, 0.2) is 0 Å². The maximum Gasteiger partial charge on any atom is 0.245 e. The molecule has 1 aliphatic carbocycles. The first kappa shape index (κ1) is 16.2. The molecule has 2 atom stereocenters. The van der Waals surface area contributed by atoms with Crippen LogP contribution in [0.25, 0.3) is 11.1 Å². The number of hydrogen-bond acceptors (Lipinski definition) is 4. The summed E-state index contributed by atoms with van der Waals surface area (Å²) < 4.78 is 13.3. The van der Waals surface area contributed by atoms with E-state index in [1.165, 1.54) is 0 Å². The van der Waals surface area contributed by atoms with Gasteiger partial charge in [-0.05, 0) is 22.3 Å². The Bertz CT molecular complexity index is 849. The first-order chi connectivity index (χ1) is 12.1. The van der Waals surface area contributed by atoms with Gasteiger partial charge in [-0.3, -0.25) is 18.7 Å². The molecule has 0 aromatic heterocycles. The summed E-state index contributed by atoms with van der Waals surface area (Å²) in [5.41, 5.74) is 3.92. The highest BCUT2D eigenvalue weighted by molar-refractivity contribution is 7.87. The van der Waals surface area contributed by atoms with Crippen LogP contribution in [0.4, 0.5) is 0 Å². The van der Waals surface area contributed by atoms with Crippen molar-refractivity contribution in [2.75, 3.05) is 13.2 Å². The zero-order chi connectivity index (χ0) is 17.6. The molecule has 6 heteroatoms. The Kier molecular flexibility index (Phi) is 4.01. The fourth-order valence-electron chi connectivity index (χ4n) is 3.69. The topological polar surface area (TPSA) is 74.7 Å². The minimum atomic E-state index is -1.56. The molecular weight excluding hydrogens is 338 g/mol. The molecule has 4 rings (SSSR count). The Hall–Kier alpha value is -2.31. The molecule has 1 N–H and O–H groups in total. The van der Waals surface area contributed by atoms with Crippen molar-refractivity contribution in [3.05, 3.63) is 59.7 Å². The molecule has 2 unspecified atom stereocenters. The Balaban J connectivity index is 1.74. The number of aliphatic hydroxyl groups is 1. The molecule has 0 radical (unpaired) electrons. The number of aliphatic hydroxyl groups excluding tert-OH is 1. The Morgan fingerprint density at radius 1 is 1.00 bits per heavy atom. The minimum Gasteiger partial charge on any atom is -0.395 e. The van der Waals surface area contributed by atoms with Crippen LogP contribution in [0.2, 0.25) is 0 Å². The summed E-state index contributed by atoms with van der Waals surface area (Å²) in [6.07, 6.45) is -0.0632. The summed E-state index contributed by atoms with van der Waals surface area (Å²) >= 11 is 0. The summed E-state index contributed by atoms with van der Waals surface area (Å²) in [6, 6.07) is 15.5. The third-order valence-corrected chi connectivity index (χ3v) is 6.72. The van der Waals surface area contributed by atoms with Gasteiger partial charge in [-0.1, -0.05) is 48.5 Å². The van der Waals surface area contributed by atoms with Gasteiger partial charge in [0.25, 0.3) is 0 Å². The normalized spacial score (nSPS) is 20.7. The van der Waals surface area contributed by atoms with Crippen molar-refractivity contribution in [3.63, 3.8) is 0 Å². The summed E-state index contributed by atoms with van der Waals surface area (Å²) in [5, 5.41) is 7.77. The average Bonchev–Trinajstić information content (AvgIpc) is 3.11. The van der Waals surface area contributed by atoms with Crippen molar-refractivity contribution in [2.24, 2.45) is 0 Å². The zero-order valence-corrected chi connectivity index (χ0v) is 14.2. The van der Waals surface area contributed by atoms with E-state index in [0.717, 1.165) is 27.2 Å². The predicted octanol–water partition coefficient (Wildman–Crippen LogP) is 1.62. The molecule has 2 amide bonds. The van der Waals surface area contributed by atoms with Crippen LogP contribution < -0.4 is 0 Å². The van der Waals surface area contributed by atoms with Crippen molar-refractivity contribution >= 4 is 22.6 Å². The van der Waals surface area contributed by atoms with Crippen LogP contribution in [0.5, 0.6) is 0 Å². The van der Waals surface area contributed by atoms with Crippen molar-refractivity contribution in [3.8, 4) is 11.1 Å². The van der Waals surface area contributed by atoms with Gasteiger partial charge in [-0.2, -0.15) is 0 Å². The van der Waals surface area contributed by atoms with E-state index in [1.807, 2.05) is 48.5 Å². The van der Waals surface area contributed by atoms with Gasteiger partial charge in [0, 0.05) is 10.8 Å². The van der Waals surface area contributed by atoms with E-state index in [1.54, 1.807) is 0 Å². The van der Waals surface area contributed by atoms with Crippen LogP contribution in [-0.2, 0) is 20.4 Å². The van der Waals surface area contributed by atoms with E-state index >= 15 is 0 Å². The number of amides is 2. The summed E-state index contributed by atoms with van der Waals surface area (Å²) in [4.78, 5) is 25.6. The lowest BCUT2D eigenvalue weighted by atomic mass is 10.1. The molecule has 1 heterocycles. The maximum atomic E-state index is 13.3. The first-order valence-electron chi connectivity index (χ1n) is 8.16. The second-order valence-electron chi connectivity index (χ2n) is 6.18. The second kappa shape index (κ2) is 6.20. The number of benzene rings is 2. The molecular formula is C19H17NO4S. The number of carbonyl (C=O) groups excluding carboxylic acids is 2. The zero-order valence-electron chi connectivity index (χ0n) is 13.4. The number of rotatable bonds is 4. The summed E-state index contributed by atoms with van der Waals surface area (Å²) in [7, 11) is -1.56. The molecule has 1 aliphatic heterocycles. The molecule has 0 spiro atoms. The van der Waals surface area contributed by atoms with Crippen LogP contribution in [-0.4, -0.2) is 44.4 Å². The van der Waals surface area contributed by atoms with Crippen LogP contribution in [0.1, 0.15) is 22.8 Å². The lowest BCUT2D eigenvalue weighted by Crippen LogP contribution is -2.36. The van der Waals surface area contributed by atoms with Crippen LogP contribution in [0, 0.1) is 0 Å². The number of carbonyl (C=O) groups is 2. The van der Waals surface area contributed by atoms with Crippen LogP contribution in [0.3, 0.4) is 0 Å². The monoisotopic (exact) mass is 355 g/mol. The lowest BCUT2D eigenvalue weighted by molar-refractivity contribution is -0.138. The molecule has 0 bridgehead atoms. The molecule has 5 nitrogen and oxygen atoms in total. The van der Waals surface area contributed by atoms with E-state index in [9.17, 15) is 13.8 Å². The second-order valence-corrected chi connectivity index (χ2v) is 7.88. The van der Waals surface area contributed by atoms with Crippen molar-refractivity contribution in [1.82, 2.24) is 4.90 Å². The maximum absolute atomic E-state index is 13.3. The van der Waals surface area contributed by atoms with Gasteiger partial charge in [-0.25, -0.2) is 0 Å². The third-order valence-electron chi connectivity index (χ3n) is 4.82. The highest BCUT2D eigenvalue weighted by atomic mass is 32.2. The summed E-state index contributed by atoms with van der Waals surface area (Å²) in [6.45, 7) is -0.324. The quantitative estimate of drug-likeness (QED) is 0.846. The first-order valence-corrected chi connectivity index (χ1v) is 9.43. The van der Waals surface area contributed by atoms with Gasteiger partial charge >= 0.3 is 0 Å². The van der Waals surface area contributed by atoms with E-state index in [2.05, 4.69) is 0 Å². The lowest BCUT2D eigenvalue weighted by Gasteiger charge is -2.18. The molecule has 1 saturated heterocycles. The predicted molar refractivity (Wildman–Crippen MR) is 94.1 cm³/mol. The third kappa shape index (κ3) is 2.44. The number of fused-ring (bicyclic) bond motifs is 3. The fraction of sp³-hybridized carbons (Fsp3) is 0.263. The van der Waals surface area contributed by atoms with Gasteiger partial charge in [0.2, 0.25) is 11.8 Å². The minimum absolute atomic E-state index is 0.0385. The van der Waals surface area contributed by atoms with Crippen LogP contribution >= 0.6 is 0 Å². The van der Waals surface area contributed by atoms with Crippen LogP contribution in [0.15, 0.2) is 48.5 Å². The van der Waals surface area contributed by atoms with Gasteiger partial charge < -0.3 is 5.11 Å². The molecule has 2 aromatic rings. The van der Waals surface area contributed by atoms with Gasteiger partial charge in [0.1, 0.15) is 5.25 Å². The highest BCUT2D eigenvalue weighted by Crippen LogP contribution is 2.47. The van der Waals surface area contributed by atoms with Gasteiger partial charge in [-0.15, -0.1) is 0 Å². The smallest absolute Gasteiger partial charge is 0.245 e. The number of nitrogens with zero attached hydrogens (tertiary/aromatic N) is 1. The highest BCUT2D eigenvalue weighted by Gasteiger charge is 2.46. The molecule has 2 aliphatic rings. The largest absolute Gasteiger partial charge is 0.395 e. The molecule has 1 fully saturated rings. The van der Waals surface area contributed by atoms with Crippen molar-refractivity contribution < 1.29 is 18.9 Å². The number of β-amino-alcohol motifs (C(OH)–C–C–N with tert-alkyl or cyclic N) is 1. The fourth-order valence-corrected chi connectivity index (χ4v) is 5.57. The van der Waals surface area contributed by atoms with E-state index in [-0.39, 0.29) is 25.5 Å².